The molecule has 15 heavy (non-hydrogen) atoms. The van der Waals surface area contributed by atoms with Crippen LogP contribution in [0.3, 0.4) is 0 Å². The van der Waals surface area contributed by atoms with Crippen molar-refractivity contribution in [1.82, 2.24) is 9.78 Å². The highest BCUT2D eigenvalue weighted by atomic mass is 16.2. The summed E-state index contributed by atoms with van der Waals surface area (Å²) in [5.41, 5.74) is 0. The number of nitrogens with one attached hydrogen (secondary N) is 1. The summed E-state index contributed by atoms with van der Waals surface area (Å²) in [4.78, 5) is 11.5. The second-order valence-electron chi connectivity index (χ2n) is 3.67. The minimum Gasteiger partial charge on any atom is -0.309 e. The van der Waals surface area contributed by atoms with Gasteiger partial charge in [-0.05, 0) is 12.8 Å². The summed E-state index contributed by atoms with van der Waals surface area (Å²) in [6.07, 6.45) is 4.77. The molecule has 0 saturated heterocycles. The van der Waals surface area contributed by atoms with Gasteiger partial charge >= 0.3 is 0 Å². The molecule has 0 aliphatic heterocycles. The molecule has 0 radical (unpaired) electrons. The van der Waals surface area contributed by atoms with E-state index in [9.17, 15) is 4.79 Å². The van der Waals surface area contributed by atoms with Crippen LogP contribution in [0.1, 0.15) is 19.3 Å². The Morgan fingerprint density at radius 3 is 3.13 bits per heavy atom. The van der Waals surface area contributed by atoms with E-state index in [4.69, 9.17) is 5.26 Å². The Morgan fingerprint density at radius 2 is 2.53 bits per heavy atom. The molecule has 1 aliphatic rings. The first kappa shape index (κ1) is 9.71. The normalized spacial score (nSPS) is 15.4. The van der Waals surface area contributed by atoms with Crippen molar-refractivity contribution >= 4 is 11.7 Å². The van der Waals surface area contributed by atoms with Crippen LogP contribution in [0.25, 0.3) is 0 Å². The fourth-order valence-corrected chi connectivity index (χ4v) is 1.49. The Labute approximate surface area is 87.7 Å². The van der Waals surface area contributed by atoms with Crippen LogP contribution in [0.5, 0.6) is 0 Å². The number of aromatic nitrogens is 2. The highest BCUT2D eigenvalue weighted by Crippen LogP contribution is 2.27. The third kappa shape index (κ3) is 2.15. The van der Waals surface area contributed by atoms with Gasteiger partial charge in [0.05, 0.1) is 6.07 Å². The van der Waals surface area contributed by atoms with Crippen LogP contribution in [0.2, 0.25) is 0 Å². The number of amides is 1. The number of carbonyl (C=O) groups is 1. The third-order valence-electron chi connectivity index (χ3n) is 2.60. The Bertz CT molecular complexity index is 400. The van der Waals surface area contributed by atoms with Crippen molar-refractivity contribution in [1.29, 1.82) is 5.26 Å². The van der Waals surface area contributed by atoms with Gasteiger partial charge in [0.1, 0.15) is 6.54 Å². The number of rotatable bonds is 3. The lowest BCUT2D eigenvalue weighted by Crippen LogP contribution is -2.28. The van der Waals surface area contributed by atoms with Crippen molar-refractivity contribution < 1.29 is 4.79 Å². The van der Waals surface area contributed by atoms with Crippen LogP contribution < -0.4 is 5.32 Å². The molecule has 1 heterocycles. The van der Waals surface area contributed by atoms with Gasteiger partial charge in [0.2, 0.25) is 5.91 Å². The quantitative estimate of drug-likeness (QED) is 0.802. The molecule has 0 atom stereocenters. The van der Waals surface area contributed by atoms with Gasteiger partial charge in [-0.15, -0.1) is 0 Å². The Kier molecular flexibility index (Phi) is 2.68. The lowest BCUT2D eigenvalue weighted by Gasteiger charge is -2.23. The molecule has 2 rings (SSSR count). The molecule has 1 amide bonds. The molecule has 5 nitrogen and oxygen atoms in total. The van der Waals surface area contributed by atoms with Crippen molar-refractivity contribution in [3.05, 3.63) is 12.3 Å². The SMILES string of the molecule is N#CCn1ccc(NC(=O)C2CCC2)n1. The summed E-state index contributed by atoms with van der Waals surface area (Å²) < 4.78 is 1.50. The average molecular weight is 204 g/mol. The van der Waals surface area contributed by atoms with E-state index in [-0.39, 0.29) is 18.4 Å². The topological polar surface area (TPSA) is 70.7 Å². The fourth-order valence-electron chi connectivity index (χ4n) is 1.49. The maximum absolute atomic E-state index is 11.5. The van der Waals surface area contributed by atoms with Gasteiger partial charge in [0.15, 0.2) is 5.82 Å². The van der Waals surface area contributed by atoms with E-state index < -0.39 is 0 Å². The number of carbonyl (C=O) groups excluding carboxylic acids is 1. The van der Waals surface area contributed by atoms with E-state index >= 15 is 0 Å². The van der Waals surface area contributed by atoms with Crippen molar-refractivity contribution in [2.45, 2.75) is 25.8 Å². The third-order valence-corrected chi connectivity index (χ3v) is 2.60. The summed E-state index contributed by atoms with van der Waals surface area (Å²) >= 11 is 0. The van der Waals surface area contributed by atoms with Crippen LogP contribution in [-0.2, 0) is 11.3 Å². The van der Waals surface area contributed by atoms with E-state index in [2.05, 4.69) is 10.4 Å². The van der Waals surface area contributed by atoms with Gasteiger partial charge in [-0.25, -0.2) is 0 Å². The molecule has 1 saturated carbocycles. The lowest BCUT2D eigenvalue weighted by molar-refractivity contribution is -0.122. The molecule has 0 unspecified atom stereocenters. The first-order valence-electron chi connectivity index (χ1n) is 5.01. The van der Waals surface area contributed by atoms with Gasteiger partial charge in [0, 0.05) is 18.2 Å². The molecule has 0 aromatic carbocycles. The summed E-state index contributed by atoms with van der Waals surface area (Å²) in [5, 5.41) is 15.2. The van der Waals surface area contributed by atoms with Gasteiger partial charge < -0.3 is 5.32 Å². The first-order valence-corrected chi connectivity index (χ1v) is 5.01. The van der Waals surface area contributed by atoms with Gasteiger partial charge in [-0.3, -0.25) is 9.48 Å². The van der Waals surface area contributed by atoms with Crippen LogP contribution >= 0.6 is 0 Å². The zero-order valence-corrected chi connectivity index (χ0v) is 8.31. The van der Waals surface area contributed by atoms with Crippen molar-refractivity contribution in [3.8, 4) is 6.07 Å². The predicted molar refractivity (Wildman–Crippen MR) is 53.8 cm³/mol. The molecule has 78 valence electrons. The second kappa shape index (κ2) is 4.13. The minimum atomic E-state index is 0.0449. The minimum absolute atomic E-state index is 0.0449. The number of anilines is 1. The van der Waals surface area contributed by atoms with Crippen molar-refractivity contribution in [3.63, 3.8) is 0 Å². The number of nitriles is 1. The number of hydrogen-bond donors (Lipinski definition) is 1. The molecule has 1 aromatic rings. The molecule has 1 aliphatic carbocycles. The van der Waals surface area contributed by atoms with Crippen LogP contribution in [0, 0.1) is 17.2 Å². The summed E-state index contributed by atoms with van der Waals surface area (Å²) in [6.45, 7) is 0.208. The molecule has 0 bridgehead atoms. The smallest absolute Gasteiger partial charge is 0.228 e. The molecule has 5 heteroatoms. The number of hydrogen-bond acceptors (Lipinski definition) is 3. The van der Waals surface area contributed by atoms with E-state index in [1.165, 1.54) is 4.68 Å². The maximum atomic E-state index is 11.5. The Morgan fingerprint density at radius 1 is 1.73 bits per heavy atom. The monoisotopic (exact) mass is 204 g/mol. The largest absolute Gasteiger partial charge is 0.309 e. The summed E-state index contributed by atoms with van der Waals surface area (Å²) in [7, 11) is 0. The average Bonchev–Trinajstić information content (AvgIpc) is 2.49. The van der Waals surface area contributed by atoms with Gasteiger partial charge in [-0.2, -0.15) is 10.4 Å². The predicted octanol–water partition coefficient (Wildman–Crippen LogP) is 1.15. The fraction of sp³-hybridized carbons (Fsp3) is 0.500. The van der Waals surface area contributed by atoms with Crippen LogP contribution in [0.15, 0.2) is 12.3 Å². The standard InChI is InChI=1S/C10H12N4O/c11-5-7-14-6-4-9(13-14)12-10(15)8-2-1-3-8/h4,6,8H,1-3,7H2,(H,12,13,15). The van der Waals surface area contributed by atoms with Gasteiger partial charge in [-0.1, -0.05) is 6.42 Å². The molecular weight excluding hydrogens is 192 g/mol. The Balaban J connectivity index is 1.92. The van der Waals surface area contributed by atoms with Crippen molar-refractivity contribution in [2.24, 2.45) is 5.92 Å². The zero-order valence-electron chi connectivity index (χ0n) is 8.31. The summed E-state index contributed by atoms with van der Waals surface area (Å²) in [6, 6.07) is 3.69. The number of nitrogens with zero attached hydrogens (tertiary/aromatic N) is 3. The molecular formula is C10H12N4O. The lowest BCUT2D eigenvalue weighted by atomic mass is 9.85. The van der Waals surface area contributed by atoms with E-state index in [1.807, 2.05) is 6.07 Å². The molecule has 1 N–H and O–H groups in total. The first-order chi connectivity index (χ1) is 7.29. The van der Waals surface area contributed by atoms with E-state index in [0.29, 0.717) is 5.82 Å². The highest BCUT2D eigenvalue weighted by Gasteiger charge is 2.25. The molecule has 0 spiro atoms. The Hall–Kier alpha value is -1.83. The van der Waals surface area contributed by atoms with Gasteiger partial charge in [0.25, 0.3) is 0 Å². The molecule has 1 aromatic heterocycles. The molecule has 1 fully saturated rings. The van der Waals surface area contributed by atoms with E-state index in [0.717, 1.165) is 19.3 Å². The van der Waals surface area contributed by atoms with Crippen LogP contribution in [0.4, 0.5) is 5.82 Å². The van der Waals surface area contributed by atoms with E-state index in [1.54, 1.807) is 12.3 Å². The zero-order chi connectivity index (χ0) is 10.7. The highest BCUT2D eigenvalue weighted by molar-refractivity contribution is 5.92. The maximum Gasteiger partial charge on any atom is 0.228 e. The van der Waals surface area contributed by atoms with Crippen LogP contribution in [-0.4, -0.2) is 15.7 Å². The summed E-state index contributed by atoms with van der Waals surface area (Å²) in [5.74, 6) is 0.733. The second-order valence-corrected chi connectivity index (χ2v) is 3.67. The van der Waals surface area contributed by atoms with Crippen molar-refractivity contribution in [2.75, 3.05) is 5.32 Å².